The predicted octanol–water partition coefficient (Wildman–Crippen LogP) is 0.636. The Bertz CT molecular complexity index is 75.4. The molecule has 0 aliphatic carbocycles. The monoisotopic (exact) mass is 132 g/mol. The van der Waals surface area contributed by atoms with Gasteiger partial charge in [-0.15, -0.1) is 4.91 Å². The molecule has 0 aromatic rings. The van der Waals surface area contributed by atoms with E-state index in [1.54, 1.807) is 0 Å². The van der Waals surface area contributed by atoms with Gasteiger partial charge in [0.2, 0.25) is 0 Å². The van der Waals surface area contributed by atoms with E-state index in [-0.39, 0.29) is 0 Å². The van der Waals surface area contributed by atoms with Crippen LogP contribution in [0, 0.1) is 4.91 Å². The van der Waals surface area contributed by atoms with Crippen LogP contribution in [0.2, 0.25) is 0 Å². The van der Waals surface area contributed by atoms with Crippen molar-refractivity contribution in [3.8, 4) is 0 Å². The lowest BCUT2D eigenvalue weighted by Crippen LogP contribution is -2.14. The third-order valence-electron chi connectivity index (χ3n) is 0.894. The van der Waals surface area contributed by atoms with Crippen molar-refractivity contribution in [1.29, 1.82) is 0 Å². The SMILES string of the molecule is CN(C)CCCON=O. The summed E-state index contributed by atoms with van der Waals surface area (Å²) in [5, 5.41) is 2.26. The highest BCUT2D eigenvalue weighted by Gasteiger charge is 1.89. The Kier molecular flexibility index (Phi) is 5.11. The van der Waals surface area contributed by atoms with Gasteiger partial charge in [-0.2, -0.15) is 0 Å². The Morgan fingerprint density at radius 1 is 1.56 bits per heavy atom. The van der Waals surface area contributed by atoms with Crippen molar-refractivity contribution in [3.05, 3.63) is 4.91 Å². The molecule has 0 spiro atoms. The van der Waals surface area contributed by atoms with Crippen LogP contribution >= 0.6 is 0 Å². The molecule has 0 aromatic carbocycles. The van der Waals surface area contributed by atoms with Gasteiger partial charge in [0.05, 0.1) is 0 Å². The van der Waals surface area contributed by atoms with Gasteiger partial charge >= 0.3 is 0 Å². The number of rotatable bonds is 5. The largest absolute Gasteiger partial charge is 0.364 e. The summed E-state index contributed by atoms with van der Waals surface area (Å²) in [7, 11) is 3.93. The Labute approximate surface area is 54.7 Å². The van der Waals surface area contributed by atoms with Crippen LogP contribution in [-0.2, 0) is 4.84 Å². The summed E-state index contributed by atoms with van der Waals surface area (Å²) in [4.78, 5) is 15.6. The van der Waals surface area contributed by atoms with Gasteiger partial charge in [-0.3, -0.25) is 0 Å². The summed E-state index contributed by atoms with van der Waals surface area (Å²) in [6.45, 7) is 1.34. The van der Waals surface area contributed by atoms with Crippen molar-refractivity contribution in [2.45, 2.75) is 6.42 Å². The van der Waals surface area contributed by atoms with E-state index in [9.17, 15) is 4.91 Å². The molecule has 0 rings (SSSR count). The molecule has 54 valence electrons. The molecule has 0 heterocycles. The third kappa shape index (κ3) is 7.36. The molecule has 0 saturated heterocycles. The lowest BCUT2D eigenvalue weighted by atomic mass is 10.4. The summed E-state index contributed by atoms with van der Waals surface area (Å²) in [5.41, 5.74) is 0. The van der Waals surface area contributed by atoms with Crippen LogP contribution in [0.5, 0.6) is 0 Å². The smallest absolute Gasteiger partial charge is 0.155 e. The molecule has 4 heteroatoms. The first kappa shape index (κ1) is 8.36. The molecule has 0 fully saturated rings. The minimum absolute atomic E-state index is 0.418. The summed E-state index contributed by atoms with van der Waals surface area (Å²) < 4.78 is 0. The minimum Gasteiger partial charge on any atom is -0.364 e. The number of hydrogen-bond acceptors (Lipinski definition) is 4. The molecule has 0 atom stereocenters. The Morgan fingerprint density at radius 3 is 2.67 bits per heavy atom. The fourth-order valence-corrected chi connectivity index (χ4v) is 0.483. The average Bonchev–Trinajstić information content (AvgIpc) is 1.80. The van der Waals surface area contributed by atoms with Gasteiger partial charge in [0.25, 0.3) is 0 Å². The quantitative estimate of drug-likeness (QED) is 0.313. The molecule has 0 aliphatic heterocycles. The maximum absolute atomic E-state index is 9.36. The summed E-state index contributed by atoms with van der Waals surface area (Å²) >= 11 is 0. The van der Waals surface area contributed by atoms with E-state index in [4.69, 9.17) is 0 Å². The Hall–Kier alpha value is -0.640. The van der Waals surface area contributed by atoms with E-state index in [1.807, 2.05) is 19.0 Å². The van der Waals surface area contributed by atoms with Gasteiger partial charge in [-0.05, 0) is 20.5 Å². The van der Waals surface area contributed by atoms with Gasteiger partial charge in [0, 0.05) is 6.54 Å². The van der Waals surface area contributed by atoms with Crippen LogP contribution in [0.4, 0.5) is 0 Å². The van der Waals surface area contributed by atoms with E-state index in [2.05, 4.69) is 10.2 Å². The molecule has 0 aromatic heterocycles. The molecule has 0 unspecified atom stereocenters. The average molecular weight is 132 g/mol. The zero-order chi connectivity index (χ0) is 7.11. The molecule has 0 radical (unpaired) electrons. The van der Waals surface area contributed by atoms with Crippen LogP contribution in [0.15, 0.2) is 5.34 Å². The Balaban J connectivity index is 2.82. The highest BCUT2D eigenvalue weighted by molar-refractivity contribution is 4.40. The van der Waals surface area contributed by atoms with Crippen molar-refractivity contribution in [1.82, 2.24) is 4.90 Å². The van der Waals surface area contributed by atoms with E-state index in [0.29, 0.717) is 6.61 Å². The van der Waals surface area contributed by atoms with Gasteiger partial charge < -0.3 is 9.74 Å². The molecule has 0 aliphatic rings. The van der Waals surface area contributed by atoms with Gasteiger partial charge in [0.15, 0.2) is 5.34 Å². The predicted molar refractivity (Wildman–Crippen MR) is 34.9 cm³/mol. The van der Waals surface area contributed by atoms with Gasteiger partial charge in [-0.25, -0.2) is 0 Å². The highest BCUT2D eigenvalue weighted by Crippen LogP contribution is 1.84. The van der Waals surface area contributed by atoms with E-state index in [1.165, 1.54) is 0 Å². The molecule has 0 amide bonds. The topological polar surface area (TPSA) is 41.9 Å². The van der Waals surface area contributed by atoms with Crippen LogP contribution in [0.25, 0.3) is 0 Å². The summed E-state index contributed by atoms with van der Waals surface area (Å²) in [5.74, 6) is 0. The van der Waals surface area contributed by atoms with Crippen LogP contribution in [-0.4, -0.2) is 32.1 Å². The summed E-state index contributed by atoms with van der Waals surface area (Å²) in [6, 6.07) is 0. The highest BCUT2D eigenvalue weighted by atomic mass is 16.7. The molecular formula is C5H12N2O2. The van der Waals surface area contributed by atoms with Crippen molar-refractivity contribution in [3.63, 3.8) is 0 Å². The number of hydrogen-bond donors (Lipinski definition) is 0. The maximum atomic E-state index is 9.36. The first-order valence-corrected chi connectivity index (χ1v) is 2.86. The second kappa shape index (κ2) is 5.50. The van der Waals surface area contributed by atoms with Gasteiger partial charge in [-0.1, -0.05) is 0 Å². The molecule has 0 saturated carbocycles. The van der Waals surface area contributed by atoms with Gasteiger partial charge in [0.1, 0.15) is 6.61 Å². The molecular weight excluding hydrogens is 120 g/mol. The molecule has 0 bridgehead atoms. The summed E-state index contributed by atoms with van der Waals surface area (Å²) in [6.07, 6.45) is 0.846. The standard InChI is InChI=1S/C5H12N2O2/c1-7(2)4-3-5-9-6-8/h3-5H2,1-2H3. The van der Waals surface area contributed by atoms with Crippen LogP contribution in [0.3, 0.4) is 0 Å². The van der Waals surface area contributed by atoms with Crippen molar-refractivity contribution < 1.29 is 4.84 Å². The Morgan fingerprint density at radius 2 is 2.22 bits per heavy atom. The van der Waals surface area contributed by atoms with Crippen molar-refractivity contribution in [2.24, 2.45) is 5.34 Å². The first-order chi connectivity index (χ1) is 4.27. The molecule has 4 nitrogen and oxygen atoms in total. The fourth-order valence-electron chi connectivity index (χ4n) is 0.483. The number of nitrogens with zero attached hydrogens (tertiary/aromatic N) is 2. The van der Waals surface area contributed by atoms with E-state index in [0.717, 1.165) is 13.0 Å². The fraction of sp³-hybridized carbons (Fsp3) is 1.00. The second-order valence-electron chi connectivity index (χ2n) is 2.06. The van der Waals surface area contributed by atoms with E-state index >= 15 is 0 Å². The second-order valence-corrected chi connectivity index (χ2v) is 2.06. The maximum Gasteiger partial charge on any atom is 0.155 e. The zero-order valence-corrected chi connectivity index (χ0v) is 5.83. The molecule has 0 N–H and O–H groups in total. The van der Waals surface area contributed by atoms with Crippen LogP contribution in [0.1, 0.15) is 6.42 Å². The lowest BCUT2D eigenvalue weighted by molar-refractivity contribution is 0.130. The van der Waals surface area contributed by atoms with Crippen molar-refractivity contribution in [2.75, 3.05) is 27.2 Å². The minimum atomic E-state index is 0.418. The van der Waals surface area contributed by atoms with E-state index < -0.39 is 0 Å². The van der Waals surface area contributed by atoms with Crippen molar-refractivity contribution >= 4 is 0 Å². The first-order valence-electron chi connectivity index (χ1n) is 2.86. The zero-order valence-electron chi connectivity index (χ0n) is 5.83. The van der Waals surface area contributed by atoms with Crippen LogP contribution < -0.4 is 0 Å². The lowest BCUT2D eigenvalue weighted by Gasteiger charge is -2.06. The third-order valence-corrected chi connectivity index (χ3v) is 0.894. The normalized spacial score (nSPS) is 9.67. The molecule has 9 heavy (non-hydrogen) atoms.